The molecule has 4 heteroatoms. The highest BCUT2D eigenvalue weighted by Crippen LogP contribution is 2.29. The summed E-state index contributed by atoms with van der Waals surface area (Å²) < 4.78 is 0. The molecule has 1 aromatic rings. The van der Waals surface area contributed by atoms with Crippen molar-refractivity contribution in [2.24, 2.45) is 5.92 Å². The molecule has 0 unspecified atom stereocenters. The van der Waals surface area contributed by atoms with Crippen LogP contribution in [0.25, 0.3) is 0 Å². The van der Waals surface area contributed by atoms with Gasteiger partial charge >= 0.3 is 0 Å². The molecule has 1 heterocycles. The molecule has 0 atom stereocenters. The van der Waals surface area contributed by atoms with Gasteiger partial charge in [0.2, 0.25) is 0 Å². The molecule has 0 aliphatic heterocycles. The molecule has 0 spiro atoms. The lowest BCUT2D eigenvalue weighted by atomic mass is 9.83. The third kappa shape index (κ3) is 3.58. The third-order valence-electron chi connectivity index (χ3n) is 3.58. The van der Waals surface area contributed by atoms with Crippen molar-refractivity contribution in [3.05, 3.63) is 22.6 Å². The zero-order valence-corrected chi connectivity index (χ0v) is 10.4. The minimum absolute atomic E-state index is 0.144. The van der Waals surface area contributed by atoms with Crippen LogP contribution in [0.3, 0.4) is 0 Å². The number of hydrogen-bond acceptors (Lipinski definition) is 3. The van der Waals surface area contributed by atoms with Crippen LogP contribution >= 0.6 is 0 Å². The molecule has 1 saturated carbocycles. The fourth-order valence-corrected chi connectivity index (χ4v) is 2.69. The van der Waals surface area contributed by atoms with E-state index < -0.39 is 0 Å². The van der Waals surface area contributed by atoms with E-state index in [9.17, 15) is 4.79 Å². The molecule has 1 fully saturated rings. The van der Waals surface area contributed by atoms with Gasteiger partial charge in [-0.15, -0.1) is 0 Å². The van der Waals surface area contributed by atoms with Crippen LogP contribution in [0.5, 0.6) is 0 Å². The SMILES string of the molecule is CCCC1CCC(Nc2cn[nH]c(=O)c2)CC1. The molecule has 4 nitrogen and oxygen atoms in total. The molecule has 2 N–H and O–H groups in total. The van der Waals surface area contributed by atoms with Gasteiger partial charge in [-0.25, -0.2) is 5.10 Å². The zero-order chi connectivity index (χ0) is 12.1. The Morgan fingerprint density at radius 1 is 1.41 bits per heavy atom. The summed E-state index contributed by atoms with van der Waals surface area (Å²) in [7, 11) is 0. The van der Waals surface area contributed by atoms with Gasteiger partial charge in [0.05, 0.1) is 11.9 Å². The lowest BCUT2D eigenvalue weighted by Crippen LogP contribution is -2.26. The molecule has 0 saturated heterocycles. The number of anilines is 1. The quantitative estimate of drug-likeness (QED) is 0.843. The van der Waals surface area contributed by atoms with Gasteiger partial charge in [-0.3, -0.25) is 4.79 Å². The van der Waals surface area contributed by atoms with Crippen LogP contribution in [0.1, 0.15) is 45.4 Å². The van der Waals surface area contributed by atoms with Gasteiger partial charge in [0.25, 0.3) is 5.56 Å². The van der Waals surface area contributed by atoms with Crippen LogP contribution in [0.4, 0.5) is 5.69 Å². The van der Waals surface area contributed by atoms with Crippen LogP contribution in [-0.4, -0.2) is 16.2 Å². The van der Waals surface area contributed by atoms with Gasteiger partial charge in [-0.05, 0) is 31.6 Å². The summed E-state index contributed by atoms with van der Waals surface area (Å²) in [6.45, 7) is 2.26. The second-order valence-electron chi connectivity index (χ2n) is 4.98. The van der Waals surface area contributed by atoms with E-state index in [-0.39, 0.29) is 5.56 Å². The van der Waals surface area contributed by atoms with Crippen LogP contribution in [0.2, 0.25) is 0 Å². The number of nitrogens with zero attached hydrogens (tertiary/aromatic N) is 1. The standard InChI is InChI=1S/C13H21N3O/c1-2-3-10-4-6-11(7-5-10)15-12-8-13(17)16-14-9-12/h8-11H,2-7H2,1H3,(H2,15,16,17). The number of hydrogen-bond donors (Lipinski definition) is 2. The van der Waals surface area contributed by atoms with Crippen molar-refractivity contribution in [2.75, 3.05) is 5.32 Å². The largest absolute Gasteiger partial charge is 0.381 e. The molecule has 0 amide bonds. The van der Waals surface area contributed by atoms with Crippen molar-refractivity contribution in [1.82, 2.24) is 10.2 Å². The fourth-order valence-electron chi connectivity index (χ4n) is 2.69. The van der Waals surface area contributed by atoms with E-state index in [2.05, 4.69) is 22.4 Å². The number of aromatic amines is 1. The second-order valence-corrected chi connectivity index (χ2v) is 4.98. The molecule has 1 aromatic heterocycles. The molecule has 17 heavy (non-hydrogen) atoms. The molecular formula is C13H21N3O. The Labute approximate surface area is 102 Å². The van der Waals surface area contributed by atoms with Crippen molar-refractivity contribution in [3.8, 4) is 0 Å². The minimum Gasteiger partial charge on any atom is -0.381 e. The van der Waals surface area contributed by atoms with Crippen molar-refractivity contribution < 1.29 is 0 Å². The maximum Gasteiger partial charge on any atom is 0.266 e. The smallest absolute Gasteiger partial charge is 0.266 e. The van der Waals surface area contributed by atoms with Gasteiger partial charge < -0.3 is 5.32 Å². The predicted octanol–water partition coefficient (Wildman–Crippen LogP) is 2.54. The van der Waals surface area contributed by atoms with E-state index in [1.807, 2.05) is 0 Å². The summed E-state index contributed by atoms with van der Waals surface area (Å²) in [6, 6.07) is 2.08. The van der Waals surface area contributed by atoms with Gasteiger partial charge in [-0.2, -0.15) is 5.10 Å². The van der Waals surface area contributed by atoms with Crippen LogP contribution < -0.4 is 10.9 Å². The normalized spacial score (nSPS) is 24.5. The molecule has 94 valence electrons. The number of rotatable bonds is 4. The predicted molar refractivity (Wildman–Crippen MR) is 69.1 cm³/mol. The minimum atomic E-state index is -0.144. The van der Waals surface area contributed by atoms with Gasteiger partial charge in [0.15, 0.2) is 0 Å². The average molecular weight is 235 g/mol. The van der Waals surface area contributed by atoms with E-state index in [4.69, 9.17) is 0 Å². The lowest BCUT2D eigenvalue weighted by Gasteiger charge is -2.29. The van der Waals surface area contributed by atoms with E-state index in [1.54, 1.807) is 12.3 Å². The van der Waals surface area contributed by atoms with Crippen LogP contribution in [-0.2, 0) is 0 Å². The molecule has 0 bridgehead atoms. The lowest BCUT2D eigenvalue weighted by molar-refractivity contribution is 0.319. The van der Waals surface area contributed by atoms with Crippen molar-refractivity contribution in [2.45, 2.75) is 51.5 Å². The van der Waals surface area contributed by atoms with Gasteiger partial charge in [0, 0.05) is 12.1 Å². The van der Waals surface area contributed by atoms with E-state index in [0.29, 0.717) is 6.04 Å². The number of aromatic nitrogens is 2. The first-order valence-electron chi connectivity index (χ1n) is 6.59. The monoisotopic (exact) mass is 235 g/mol. The summed E-state index contributed by atoms with van der Waals surface area (Å²) in [5, 5.41) is 9.58. The summed E-state index contributed by atoms with van der Waals surface area (Å²) in [5.41, 5.74) is 0.697. The van der Waals surface area contributed by atoms with Crippen molar-refractivity contribution in [1.29, 1.82) is 0 Å². The summed E-state index contributed by atoms with van der Waals surface area (Å²) in [5.74, 6) is 0.912. The molecule has 0 aromatic carbocycles. The van der Waals surface area contributed by atoms with Gasteiger partial charge in [0.1, 0.15) is 0 Å². The highest BCUT2D eigenvalue weighted by atomic mass is 16.1. The maximum atomic E-state index is 11.1. The molecule has 0 radical (unpaired) electrons. The highest BCUT2D eigenvalue weighted by molar-refractivity contribution is 5.39. The van der Waals surface area contributed by atoms with E-state index in [0.717, 1.165) is 11.6 Å². The first kappa shape index (κ1) is 12.1. The Balaban J connectivity index is 1.84. The Hall–Kier alpha value is -1.32. The Kier molecular flexibility index (Phi) is 4.18. The third-order valence-corrected chi connectivity index (χ3v) is 3.58. The first-order chi connectivity index (χ1) is 8.28. The highest BCUT2D eigenvalue weighted by Gasteiger charge is 2.20. The van der Waals surface area contributed by atoms with Crippen LogP contribution in [0, 0.1) is 5.92 Å². The summed E-state index contributed by atoms with van der Waals surface area (Å²) in [6.07, 6.45) is 9.36. The maximum absolute atomic E-state index is 11.1. The molecule has 1 aliphatic rings. The molecule has 2 rings (SSSR count). The van der Waals surface area contributed by atoms with E-state index >= 15 is 0 Å². The average Bonchev–Trinajstić information content (AvgIpc) is 2.32. The second kappa shape index (κ2) is 5.84. The molecular weight excluding hydrogens is 214 g/mol. The topological polar surface area (TPSA) is 57.8 Å². The first-order valence-corrected chi connectivity index (χ1v) is 6.59. The number of H-pyrrole nitrogens is 1. The number of nitrogens with one attached hydrogen (secondary N) is 2. The van der Waals surface area contributed by atoms with Gasteiger partial charge in [-0.1, -0.05) is 19.8 Å². The van der Waals surface area contributed by atoms with Crippen LogP contribution in [0.15, 0.2) is 17.1 Å². The summed E-state index contributed by atoms with van der Waals surface area (Å²) >= 11 is 0. The van der Waals surface area contributed by atoms with E-state index in [1.165, 1.54) is 38.5 Å². The molecule has 1 aliphatic carbocycles. The van der Waals surface area contributed by atoms with Crippen molar-refractivity contribution >= 4 is 5.69 Å². The fraction of sp³-hybridized carbons (Fsp3) is 0.692. The van der Waals surface area contributed by atoms with Crippen molar-refractivity contribution in [3.63, 3.8) is 0 Å². The Bertz CT molecular complexity index is 394. The zero-order valence-electron chi connectivity index (χ0n) is 10.4. The Morgan fingerprint density at radius 2 is 2.18 bits per heavy atom. The Morgan fingerprint density at radius 3 is 2.82 bits per heavy atom. The summed E-state index contributed by atoms with van der Waals surface area (Å²) in [4.78, 5) is 11.1.